The molecule has 0 atom stereocenters. The normalized spacial score (nSPS) is 10.6. The van der Waals surface area contributed by atoms with E-state index in [1.165, 1.54) is 0 Å². The topological polar surface area (TPSA) is 29.1 Å². The van der Waals surface area contributed by atoms with E-state index in [1.54, 1.807) is 0 Å². The molecule has 0 unspecified atom stereocenters. The van der Waals surface area contributed by atoms with Crippen LogP contribution in [0.2, 0.25) is 0 Å². The molecule has 104 valence electrons. The number of aryl methyl sites for hydroxylation is 1. The van der Waals surface area contributed by atoms with Crippen molar-refractivity contribution in [3.63, 3.8) is 0 Å². The Kier molecular flexibility index (Phi) is 3.76. The van der Waals surface area contributed by atoms with Crippen molar-refractivity contribution in [2.75, 3.05) is 5.32 Å². The standard InChI is InChI=1S/C18H14BrNO/c1-12-9-10-17(16(19)11-12)20-18(21)15-8-4-6-13-5-2-3-7-14(13)15/h2-11H,1H3,(H,20,21). The smallest absolute Gasteiger partial charge is 0.256 e. The van der Waals surface area contributed by atoms with E-state index < -0.39 is 0 Å². The van der Waals surface area contributed by atoms with Gasteiger partial charge in [0.25, 0.3) is 5.91 Å². The number of hydrogen-bond acceptors (Lipinski definition) is 1. The van der Waals surface area contributed by atoms with Crippen molar-refractivity contribution >= 4 is 38.3 Å². The lowest BCUT2D eigenvalue weighted by molar-refractivity contribution is 0.102. The SMILES string of the molecule is Cc1ccc(NC(=O)c2cccc3ccccc23)c(Br)c1. The number of nitrogens with one attached hydrogen (secondary N) is 1. The van der Waals surface area contributed by atoms with Gasteiger partial charge in [0.15, 0.2) is 0 Å². The molecule has 1 amide bonds. The van der Waals surface area contributed by atoms with Gasteiger partial charge in [-0.15, -0.1) is 0 Å². The minimum absolute atomic E-state index is 0.101. The van der Waals surface area contributed by atoms with Crippen LogP contribution in [-0.2, 0) is 0 Å². The lowest BCUT2D eigenvalue weighted by Crippen LogP contribution is -2.12. The number of amides is 1. The number of halogens is 1. The fraction of sp³-hybridized carbons (Fsp3) is 0.0556. The third-order valence-corrected chi connectivity index (χ3v) is 4.06. The van der Waals surface area contributed by atoms with Crippen molar-refractivity contribution < 1.29 is 4.79 Å². The summed E-state index contributed by atoms with van der Waals surface area (Å²) in [5, 5.41) is 4.98. The molecule has 3 aromatic rings. The minimum atomic E-state index is -0.101. The zero-order valence-corrected chi connectivity index (χ0v) is 13.1. The Morgan fingerprint density at radius 2 is 1.76 bits per heavy atom. The van der Waals surface area contributed by atoms with E-state index in [0.29, 0.717) is 5.56 Å². The van der Waals surface area contributed by atoms with Gasteiger partial charge in [-0.25, -0.2) is 0 Å². The van der Waals surface area contributed by atoms with Gasteiger partial charge in [0.05, 0.1) is 5.69 Å². The van der Waals surface area contributed by atoms with Crippen molar-refractivity contribution in [2.45, 2.75) is 6.92 Å². The molecule has 0 saturated heterocycles. The molecular formula is C18H14BrNO. The summed E-state index contributed by atoms with van der Waals surface area (Å²) in [7, 11) is 0. The van der Waals surface area contributed by atoms with Gasteiger partial charge in [0.1, 0.15) is 0 Å². The van der Waals surface area contributed by atoms with Crippen molar-refractivity contribution in [1.82, 2.24) is 0 Å². The molecule has 2 nitrogen and oxygen atoms in total. The number of rotatable bonds is 2. The quantitative estimate of drug-likeness (QED) is 0.686. The maximum atomic E-state index is 12.5. The molecule has 3 aromatic carbocycles. The Bertz CT molecular complexity index is 821. The summed E-state index contributed by atoms with van der Waals surface area (Å²) in [5.41, 5.74) is 2.60. The molecular weight excluding hydrogens is 326 g/mol. The second-order valence-corrected chi connectivity index (χ2v) is 5.82. The highest BCUT2D eigenvalue weighted by atomic mass is 79.9. The number of benzene rings is 3. The van der Waals surface area contributed by atoms with Crippen LogP contribution in [0.3, 0.4) is 0 Å². The number of hydrogen-bond donors (Lipinski definition) is 1. The summed E-state index contributed by atoms with van der Waals surface area (Å²) in [5.74, 6) is -0.101. The molecule has 0 aliphatic rings. The van der Waals surface area contributed by atoms with Crippen LogP contribution in [0.15, 0.2) is 65.1 Å². The Balaban J connectivity index is 1.97. The van der Waals surface area contributed by atoms with E-state index in [4.69, 9.17) is 0 Å². The highest BCUT2D eigenvalue weighted by molar-refractivity contribution is 9.10. The van der Waals surface area contributed by atoms with E-state index in [2.05, 4.69) is 21.2 Å². The van der Waals surface area contributed by atoms with E-state index in [0.717, 1.165) is 26.5 Å². The van der Waals surface area contributed by atoms with E-state index in [-0.39, 0.29) is 5.91 Å². The van der Waals surface area contributed by atoms with Gasteiger partial charge in [0.2, 0.25) is 0 Å². The summed E-state index contributed by atoms with van der Waals surface area (Å²) in [6.45, 7) is 2.01. The van der Waals surface area contributed by atoms with E-state index in [1.807, 2.05) is 67.6 Å². The van der Waals surface area contributed by atoms with Gasteiger partial charge < -0.3 is 5.32 Å². The van der Waals surface area contributed by atoms with Crippen molar-refractivity contribution in [1.29, 1.82) is 0 Å². The second-order valence-electron chi connectivity index (χ2n) is 4.96. The highest BCUT2D eigenvalue weighted by Crippen LogP contribution is 2.25. The Labute approximate surface area is 131 Å². The van der Waals surface area contributed by atoms with Crippen LogP contribution in [0.4, 0.5) is 5.69 Å². The molecule has 0 spiro atoms. The monoisotopic (exact) mass is 339 g/mol. The summed E-state index contributed by atoms with van der Waals surface area (Å²) in [6.07, 6.45) is 0. The zero-order chi connectivity index (χ0) is 14.8. The highest BCUT2D eigenvalue weighted by Gasteiger charge is 2.11. The maximum absolute atomic E-state index is 12.5. The van der Waals surface area contributed by atoms with Gasteiger partial charge in [-0.05, 0) is 57.4 Å². The average Bonchev–Trinajstić information content (AvgIpc) is 2.49. The van der Waals surface area contributed by atoms with Gasteiger partial charge in [-0.1, -0.05) is 42.5 Å². The van der Waals surface area contributed by atoms with Gasteiger partial charge in [0, 0.05) is 10.0 Å². The largest absolute Gasteiger partial charge is 0.321 e. The van der Waals surface area contributed by atoms with Gasteiger partial charge in [-0.3, -0.25) is 4.79 Å². The Morgan fingerprint density at radius 1 is 1.00 bits per heavy atom. The van der Waals surface area contributed by atoms with Gasteiger partial charge >= 0.3 is 0 Å². The summed E-state index contributed by atoms with van der Waals surface area (Å²) >= 11 is 3.48. The van der Waals surface area contributed by atoms with Crippen molar-refractivity contribution in [3.05, 3.63) is 76.3 Å². The number of fused-ring (bicyclic) bond motifs is 1. The number of carbonyl (C=O) groups excluding carboxylic acids is 1. The molecule has 21 heavy (non-hydrogen) atoms. The minimum Gasteiger partial charge on any atom is -0.321 e. The molecule has 0 fully saturated rings. The number of anilines is 1. The van der Waals surface area contributed by atoms with Crippen LogP contribution in [0.5, 0.6) is 0 Å². The van der Waals surface area contributed by atoms with Crippen molar-refractivity contribution in [3.8, 4) is 0 Å². The van der Waals surface area contributed by atoms with E-state index in [9.17, 15) is 4.79 Å². The lowest BCUT2D eigenvalue weighted by atomic mass is 10.0. The molecule has 3 heteroatoms. The van der Waals surface area contributed by atoms with Gasteiger partial charge in [-0.2, -0.15) is 0 Å². The molecule has 0 aliphatic carbocycles. The van der Waals surface area contributed by atoms with Crippen molar-refractivity contribution in [2.24, 2.45) is 0 Å². The van der Waals surface area contributed by atoms with Crippen LogP contribution < -0.4 is 5.32 Å². The number of carbonyl (C=O) groups is 1. The van der Waals surface area contributed by atoms with E-state index >= 15 is 0 Å². The van der Waals surface area contributed by atoms with Crippen LogP contribution in [0, 0.1) is 6.92 Å². The predicted octanol–water partition coefficient (Wildman–Crippen LogP) is 5.16. The molecule has 0 saturated carbocycles. The zero-order valence-electron chi connectivity index (χ0n) is 11.6. The Hall–Kier alpha value is -2.13. The van der Waals surface area contributed by atoms with Crippen LogP contribution in [-0.4, -0.2) is 5.91 Å². The first-order valence-electron chi connectivity index (χ1n) is 6.70. The Morgan fingerprint density at radius 3 is 2.57 bits per heavy atom. The predicted molar refractivity (Wildman–Crippen MR) is 90.8 cm³/mol. The third-order valence-electron chi connectivity index (χ3n) is 3.41. The molecule has 0 bridgehead atoms. The molecule has 0 heterocycles. The summed E-state index contributed by atoms with van der Waals surface area (Å²) < 4.78 is 0.885. The van der Waals surface area contributed by atoms with Crippen LogP contribution >= 0.6 is 15.9 Å². The van der Waals surface area contributed by atoms with Crippen LogP contribution in [0.25, 0.3) is 10.8 Å². The first-order valence-corrected chi connectivity index (χ1v) is 7.50. The summed E-state index contributed by atoms with van der Waals surface area (Å²) in [6, 6.07) is 19.5. The molecule has 0 aromatic heterocycles. The lowest BCUT2D eigenvalue weighted by Gasteiger charge is -2.10. The molecule has 0 aliphatic heterocycles. The fourth-order valence-electron chi connectivity index (χ4n) is 2.33. The first kappa shape index (κ1) is 13.8. The summed E-state index contributed by atoms with van der Waals surface area (Å²) in [4.78, 5) is 12.5. The fourth-order valence-corrected chi connectivity index (χ4v) is 2.93. The maximum Gasteiger partial charge on any atom is 0.256 e. The average molecular weight is 340 g/mol. The van der Waals surface area contributed by atoms with Crippen LogP contribution in [0.1, 0.15) is 15.9 Å². The molecule has 1 N–H and O–H groups in total. The second kappa shape index (κ2) is 5.70. The molecule has 3 rings (SSSR count). The first-order chi connectivity index (χ1) is 10.1. The third kappa shape index (κ3) is 2.83. The molecule has 0 radical (unpaired) electrons.